The van der Waals surface area contributed by atoms with Crippen LogP contribution in [0.2, 0.25) is 0 Å². The first-order valence-corrected chi connectivity index (χ1v) is 9.58. The molecular formula is C16H21N3O3S2. The molecule has 0 radical (unpaired) electrons. The average Bonchev–Trinajstić information content (AvgIpc) is 2.97. The molecule has 0 aliphatic carbocycles. The summed E-state index contributed by atoms with van der Waals surface area (Å²) in [4.78, 5) is 17.3. The Kier molecular flexibility index (Phi) is 5.12. The van der Waals surface area contributed by atoms with Crippen LogP contribution < -0.4 is 5.32 Å². The molecule has 0 unspecified atom stereocenters. The van der Waals surface area contributed by atoms with Gasteiger partial charge >= 0.3 is 0 Å². The number of carbonyl (C=O) groups is 1. The van der Waals surface area contributed by atoms with Gasteiger partial charge in [0.15, 0.2) is 0 Å². The van der Waals surface area contributed by atoms with Crippen LogP contribution in [0.25, 0.3) is 0 Å². The molecule has 0 bridgehead atoms. The van der Waals surface area contributed by atoms with Crippen molar-refractivity contribution in [3.05, 3.63) is 40.3 Å². The van der Waals surface area contributed by atoms with Gasteiger partial charge in [-0.15, -0.1) is 11.3 Å². The fraction of sp³-hybridized carbons (Fsp3) is 0.375. The first-order valence-electron chi connectivity index (χ1n) is 7.32. The summed E-state index contributed by atoms with van der Waals surface area (Å²) in [6.07, 6.45) is 1.54. The lowest BCUT2D eigenvalue weighted by Crippen LogP contribution is -2.22. The van der Waals surface area contributed by atoms with Crippen LogP contribution in [0, 0.1) is 0 Å². The number of benzene rings is 1. The minimum absolute atomic E-state index is 0.122. The number of hydrogen-bond donors (Lipinski definition) is 1. The van der Waals surface area contributed by atoms with Gasteiger partial charge in [-0.25, -0.2) is 17.7 Å². The summed E-state index contributed by atoms with van der Waals surface area (Å²) in [5.41, 5.74) is 0.303. The maximum absolute atomic E-state index is 12.3. The van der Waals surface area contributed by atoms with E-state index in [2.05, 4.69) is 10.3 Å². The Morgan fingerprint density at radius 1 is 1.25 bits per heavy atom. The number of hydrogen-bond acceptors (Lipinski definition) is 5. The molecule has 2 rings (SSSR count). The fourth-order valence-electron chi connectivity index (χ4n) is 1.86. The highest BCUT2D eigenvalue weighted by Crippen LogP contribution is 2.27. The van der Waals surface area contributed by atoms with Crippen molar-refractivity contribution in [2.45, 2.75) is 31.1 Å². The summed E-state index contributed by atoms with van der Waals surface area (Å²) < 4.78 is 25.4. The van der Waals surface area contributed by atoms with Gasteiger partial charge in [0, 0.05) is 25.2 Å². The molecule has 0 fully saturated rings. The van der Waals surface area contributed by atoms with E-state index >= 15 is 0 Å². The van der Waals surface area contributed by atoms with Crippen LogP contribution in [-0.4, -0.2) is 37.7 Å². The molecule has 130 valence electrons. The maximum atomic E-state index is 12.3. The van der Waals surface area contributed by atoms with Gasteiger partial charge in [-0.3, -0.25) is 4.79 Å². The number of amides is 1. The van der Waals surface area contributed by atoms with Crippen molar-refractivity contribution >= 4 is 33.0 Å². The van der Waals surface area contributed by atoms with Gasteiger partial charge in [0.2, 0.25) is 10.0 Å². The molecule has 0 saturated carbocycles. The largest absolute Gasteiger partial charge is 0.321 e. The molecule has 6 nitrogen and oxygen atoms in total. The van der Waals surface area contributed by atoms with Gasteiger partial charge in [-0.1, -0.05) is 26.8 Å². The topological polar surface area (TPSA) is 79.4 Å². The number of aromatic nitrogens is 1. The quantitative estimate of drug-likeness (QED) is 0.901. The van der Waals surface area contributed by atoms with Crippen molar-refractivity contribution in [3.8, 4) is 0 Å². The van der Waals surface area contributed by atoms with Crippen molar-refractivity contribution in [2.75, 3.05) is 19.4 Å². The Bertz CT molecular complexity index is 849. The fourth-order valence-corrected chi connectivity index (χ4v) is 3.68. The molecule has 8 heteroatoms. The molecule has 2 aromatic rings. The molecule has 1 amide bonds. The molecular weight excluding hydrogens is 346 g/mol. The van der Waals surface area contributed by atoms with Gasteiger partial charge in [0.25, 0.3) is 5.91 Å². The van der Waals surface area contributed by atoms with Crippen molar-refractivity contribution in [3.63, 3.8) is 0 Å². The smallest absolute Gasteiger partial charge is 0.267 e. The van der Waals surface area contributed by atoms with E-state index in [0.717, 1.165) is 9.31 Å². The van der Waals surface area contributed by atoms with Gasteiger partial charge in [0.1, 0.15) is 4.88 Å². The Balaban J connectivity index is 2.23. The molecule has 1 aromatic carbocycles. The molecule has 24 heavy (non-hydrogen) atoms. The molecule has 1 aromatic heterocycles. The number of nitrogens with zero attached hydrogens (tertiary/aromatic N) is 2. The molecule has 0 atom stereocenters. The molecule has 0 aliphatic heterocycles. The monoisotopic (exact) mass is 367 g/mol. The lowest BCUT2D eigenvalue weighted by molar-refractivity contribution is 0.103. The second-order valence-electron chi connectivity index (χ2n) is 6.55. The third-order valence-electron chi connectivity index (χ3n) is 3.24. The van der Waals surface area contributed by atoms with Crippen molar-refractivity contribution < 1.29 is 13.2 Å². The van der Waals surface area contributed by atoms with Crippen molar-refractivity contribution in [2.24, 2.45) is 0 Å². The number of thiazole rings is 1. The maximum Gasteiger partial charge on any atom is 0.267 e. The third-order valence-corrected chi connectivity index (χ3v) is 6.47. The van der Waals surface area contributed by atoms with E-state index in [1.165, 1.54) is 37.6 Å². The molecule has 1 N–H and O–H groups in total. The van der Waals surface area contributed by atoms with Crippen LogP contribution in [0.4, 0.5) is 5.69 Å². The van der Waals surface area contributed by atoms with E-state index < -0.39 is 10.0 Å². The molecule has 0 saturated heterocycles. The van der Waals surface area contributed by atoms with Crippen LogP contribution in [0.1, 0.15) is 35.5 Å². The summed E-state index contributed by atoms with van der Waals surface area (Å²) in [5, 5.41) is 3.59. The van der Waals surface area contributed by atoms with Gasteiger partial charge < -0.3 is 5.32 Å². The highest BCUT2D eigenvalue weighted by Gasteiger charge is 2.21. The zero-order valence-corrected chi connectivity index (χ0v) is 16.0. The van der Waals surface area contributed by atoms with E-state index in [-0.39, 0.29) is 16.2 Å². The van der Waals surface area contributed by atoms with Crippen LogP contribution in [0.3, 0.4) is 0 Å². The van der Waals surface area contributed by atoms with Crippen LogP contribution in [-0.2, 0) is 15.4 Å². The lowest BCUT2D eigenvalue weighted by Gasteiger charge is -2.13. The van der Waals surface area contributed by atoms with Crippen molar-refractivity contribution in [1.82, 2.24) is 9.29 Å². The normalized spacial score (nSPS) is 12.4. The van der Waals surface area contributed by atoms with Gasteiger partial charge in [-0.05, 0) is 18.2 Å². The predicted octanol–water partition coefficient (Wildman–Crippen LogP) is 2.94. The highest BCUT2D eigenvalue weighted by molar-refractivity contribution is 7.89. The zero-order valence-electron chi connectivity index (χ0n) is 14.3. The van der Waals surface area contributed by atoms with Crippen molar-refractivity contribution in [1.29, 1.82) is 0 Å². The first kappa shape index (κ1) is 18.6. The van der Waals surface area contributed by atoms with E-state index in [0.29, 0.717) is 10.6 Å². The van der Waals surface area contributed by atoms with E-state index in [9.17, 15) is 13.2 Å². The Hall–Kier alpha value is -1.77. The molecule has 0 aliphatic rings. The first-order chi connectivity index (χ1) is 11.0. The minimum Gasteiger partial charge on any atom is -0.321 e. The summed E-state index contributed by atoms with van der Waals surface area (Å²) in [6, 6.07) is 6.19. The number of sulfonamides is 1. The highest BCUT2D eigenvalue weighted by atomic mass is 32.2. The van der Waals surface area contributed by atoms with E-state index in [1.54, 1.807) is 18.3 Å². The lowest BCUT2D eigenvalue weighted by atomic mass is 9.98. The van der Waals surface area contributed by atoms with E-state index in [1.807, 2.05) is 20.8 Å². The van der Waals surface area contributed by atoms with Crippen LogP contribution in [0.15, 0.2) is 35.4 Å². The standard InChI is InChI=1S/C16H21N3O3S2/c1-16(2,3)15-17-10-13(23-15)14(20)18-11-7-6-8-12(9-11)24(21,22)19(4)5/h6-10H,1-5H3,(H,18,20). The predicted molar refractivity (Wildman–Crippen MR) is 96.1 cm³/mol. The minimum atomic E-state index is -3.54. The van der Waals surface area contributed by atoms with Gasteiger partial charge in [-0.2, -0.15) is 0 Å². The second-order valence-corrected chi connectivity index (χ2v) is 9.73. The summed E-state index contributed by atoms with van der Waals surface area (Å²) in [6.45, 7) is 6.09. The Morgan fingerprint density at radius 2 is 1.92 bits per heavy atom. The zero-order chi connectivity index (χ0) is 18.1. The average molecular weight is 367 g/mol. The summed E-state index contributed by atoms with van der Waals surface area (Å²) in [5.74, 6) is -0.303. The van der Waals surface area contributed by atoms with Gasteiger partial charge in [0.05, 0.1) is 16.1 Å². The summed E-state index contributed by atoms with van der Waals surface area (Å²) >= 11 is 1.33. The molecule has 1 heterocycles. The number of rotatable bonds is 4. The number of nitrogens with one attached hydrogen (secondary N) is 1. The number of anilines is 1. The van der Waals surface area contributed by atoms with Crippen LogP contribution in [0.5, 0.6) is 0 Å². The third kappa shape index (κ3) is 4.00. The van der Waals surface area contributed by atoms with Crippen LogP contribution >= 0.6 is 11.3 Å². The SMILES string of the molecule is CN(C)S(=O)(=O)c1cccc(NC(=O)c2cnc(C(C)(C)C)s2)c1. The Morgan fingerprint density at radius 3 is 2.46 bits per heavy atom. The summed E-state index contributed by atoms with van der Waals surface area (Å²) in [7, 11) is -0.614. The second kappa shape index (κ2) is 6.62. The molecule has 0 spiro atoms. The van der Waals surface area contributed by atoms with E-state index in [4.69, 9.17) is 0 Å². The Labute approximate surface area is 146 Å². The number of carbonyl (C=O) groups excluding carboxylic acids is 1.